The average Bonchev–Trinajstić information content (AvgIpc) is 2.52. The molecule has 0 aliphatic rings. The van der Waals surface area contributed by atoms with Crippen LogP contribution in [0.1, 0.15) is 16.7 Å². The molecule has 0 aromatic heterocycles. The predicted octanol–water partition coefficient (Wildman–Crippen LogP) is 3.45. The number of rotatable bonds is 5. The molecule has 21 heavy (non-hydrogen) atoms. The van der Waals surface area contributed by atoms with Crippen LogP contribution >= 0.6 is 0 Å². The van der Waals surface area contributed by atoms with Crippen LogP contribution in [0.15, 0.2) is 53.7 Å². The molecular weight excluding hydrogens is 264 g/mol. The van der Waals surface area contributed by atoms with Crippen LogP contribution in [0, 0.1) is 18.3 Å². The van der Waals surface area contributed by atoms with E-state index in [2.05, 4.69) is 5.16 Å². The molecule has 4 nitrogen and oxygen atoms in total. The number of nitriles is 1. The number of aryl methyl sites for hydroxylation is 1. The number of hydrogen-bond donors (Lipinski definition) is 0. The van der Waals surface area contributed by atoms with E-state index < -0.39 is 0 Å². The zero-order valence-electron chi connectivity index (χ0n) is 12.0. The van der Waals surface area contributed by atoms with Gasteiger partial charge in [-0.2, -0.15) is 5.26 Å². The first-order valence-electron chi connectivity index (χ1n) is 6.54. The Labute approximate surface area is 124 Å². The summed E-state index contributed by atoms with van der Waals surface area (Å²) in [6.07, 6.45) is 0. The van der Waals surface area contributed by atoms with E-state index in [0.717, 1.165) is 22.4 Å². The molecule has 0 saturated carbocycles. The van der Waals surface area contributed by atoms with Crippen molar-refractivity contribution < 1.29 is 9.57 Å². The Balaban J connectivity index is 2.24. The van der Waals surface area contributed by atoms with Crippen molar-refractivity contribution in [2.75, 3.05) is 7.11 Å². The molecule has 0 atom stereocenters. The van der Waals surface area contributed by atoms with Crippen molar-refractivity contribution in [2.24, 2.45) is 5.16 Å². The molecule has 0 aliphatic carbocycles. The fraction of sp³-hybridized carbons (Fsp3) is 0.176. The van der Waals surface area contributed by atoms with Crippen molar-refractivity contribution in [2.45, 2.75) is 13.5 Å². The van der Waals surface area contributed by atoms with E-state index >= 15 is 0 Å². The summed E-state index contributed by atoms with van der Waals surface area (Å²) in [5.41, 5.74) is 2.91. The SMILES string of the molecule is CO/N=C(/C#N)c1ccccc1COc1ccccc1C. The van der Waals surface area contributed by atoms with Crippen molar-refractivity contribution in [1.82, 2.24) is 0 Å². The second-order valence-electron chi connectivity index (χ2n) is 4.45. The summed E-state index contributed by atoms with van der Waals surface area (Å²) in [6.45, 7) is 2.36. The highest BCUT2D eigenvalue weighted by Gasteiger charge is 2.10. The Bertz CT molecular complexity index is 687. The van der Waals surface area contributed by atoms with E-state index in [1.807, 2.05) is 61.5 Å². The van der Waals surface area contributed by atoms with Crippen LogP contribution in [-0.2, 0) is 11.4 Å². The number of hydrogen-bond acceptors (Lipinski definition) is 4. The maximum absolute atomic E-state index is 9.16. The van der Waals surface area contributed by atoms with E-state index in [0.29, 0.717) is 6.61 Å². The summed E-state index contributed by atoms with van der Waals surface area (Å²) in [6, 6.07) is 17.4. The van der Waals surface area contributed by atoms with Crippen molar-refractivity contribution in [3.05, 3.63) is 65.2 Å². The quantitative estimate of drug-likeness (QED) is 0.622. The molecule has 0 fully saturated rings. The first-order valence-corrected chi connectivity index (χ1v) is 6.54. The van der Waals surface area contributed by atoms with Gasteiger partial charge < -0.3 is 9.57 Å². The van der Waals surface area contributed by atoms with E-state index in [1.165, 1.54) is 7.11 Å². The molecule has 2 rings (SSSR count). The normalized spacial score (nSPS) is 10.8. The zero-order chi connectivity index (χ0) is 15.1. The first kappa shape index (κ1) is 14.6. The maximum atomic E-state index is 9.16. The fourth-order valence-corrected chi connectivity index (χ4v) is 1.97. The topological polar surface area (TPSA) is 54.6 Å². The van der Waals surface area contributed by atoms with E-state index in [4.69, 9.17) is 14.8 Å². The predicted molar refractivity (Wildman–Crippen MR) is 81.1 cm³/mol. The first-order chi connectivity index (χ1) is 10.3. The van der Waals surface area contributed by atoms with E-state index in [1.54, 1.807) is 0 Å². The van der Waals surface area contributed by atoms with Crippen LogP contribution in [0.5, 0.6) is 5.75 Å². The molecule has 106 valence electrons. The molecule has 0 N–H and O–H groups in total. The Morgan fingerprint density at radius 2 is 1.86 bits per heavy atom. The lowest BCUT2D eigenvalue weighted by Gasteiger charge is -2.11. The van der Waals surface area contributed by atoms with Crippen molar-refractivity contribution in [3.8, 4) is 11.8 Å². The van der Waals surface area contributed by atoms with Crippen LogP contribution in [0.4, 0.5) is 0 Å². The summed E-state index contributed by atoms with van der Waals surface area (Å²) in [7, 11) is 1.42. The van der Waals surface area contributed by atoms with Gasteiger partial charge in [0.1, 0.15) is 25.5 Å². The van der Waals surface area contributed by atoms with Crippen LogP contribution < -0.4 is 4.74 Å². The van der Waals surface area contributed by atoms with Crippen molar-refractivity contribution >= 4 is 5.71 Å². The number of para-hydroxylation sites is 1. The van der Waals surface area contributed by atoms with Gasteiger partial charge in [0, 0.05) is 5.56 Å². The molecular formula is C17H16N2O2. The van der Waals surface area contributed by atoms with Crippen molar-refractivity contribution in [3.63, 3.8) is 0 Å². The lowest BCUT2D eigenvalue weighted by Crippen LogP contribution is -2.06. The van der Waals surface area contributed by atoms with Gasteiger partial charge in [0.2, 0.25) is 0 Å². The third kappa shape index (κ3) is 3.61. The largest absolute Gasteiger partial charge is 0.489 e. The number of nitrogens with zero attached hydrogens (tertiary/aromatic N) is 2. The van der Waals surface area contributed by atoms with E-state index in [9.17, 15) is 0 Å². The summed E-state index contributed by atoms with van der Waals surface area (Å²) < 4.78 is 5.83. The fourth-order valence-electron chi connectivity index (χ4n) is 1.97. The summed E-state index contributed by atoms with van der Waals surface area (Å²) in [4.78, 5) is 4.71. The highest BCUT2D eigenvalue weighted by molar-refractivity contribution is 6.12. The Hall–Kier alpha value is -2.80. The summed E-state index contributed by atoms with van der Waals surface area (Å²) in [5.74, 6) is 0.828. The molecule has 0 radical (unpaired) electrons. The minimum Gasteiger partial charge on any atom is -0.489 e. The van der Waals surface area contributed by atoms with Gasteiger partial charge in [-0.3, -0.25) is 0 Å². The van der Waals surface area contributed by atoms with Crippen molar-refractivity contribution in [1.29, 1.82) is 5.26 Å². The van der Waals surface area contributed by atoms with Gasteiger partial charge in [-0.15, -0.1) is 0 Å². The summed E-state index contributed by atoms with van der Waals surface area (Å²) in [5, 5.41) is 12.9. The number of ether oxygens (including phenoxy) is 1. The molecule has 0 saturated heterocycles. The Morgan fingerprint density at radius 1 is 1.14 bits per heavy atom. The van der Waals surface area contributed by atoms with Gasteiger partial charge in [-0.25, -0.2) is 0 Å². The highest BCUT2D eigenvalue weighted by atomic mass is 16.6. The Morgan fingerprint density at radius 3 is 2.57 bits per heavy atom. The molecule has 0 amide bonds. The molecule has 4 heteroatoms. The second-order valence-corrected chi connectivity index (χ2v) is 4.45. The van der Waals surface area contributed by atoms with Gasteiger partial charge in [-0.1, -0.05) is 47.6 Å². The van der Waals surface area contributed by atoms with E-state index in [-0.39, 0.29) is 5.71 Å². The molecule has 2 aromatic rings. The Kier molecular flexibility index (Phi) is 4.94. The van der Waals surface area contributed by atoms with Gasteiger partial charge in [-0.05, 0) is 24.1 Å². The van der Waals surface area contributed by atoms with Crippen LogP contribution in [0.3, 0.4) is 0 Å². The molecule has 0 aliphatic heterocycles. The lowest BCUT2D eigenvalue weighted by atomic mass is 10.0. The minimum absolute atomic E-state index is 0.237. The van der Waals surface area contributed by atoms with Gasteiger partial charge in [0.25, 0.3) is 0 Å². The lowest BCUT2D eigenvalue weighted by molar-refractivity contribution is 0.214. The molecule has 2 aromatic carbocycles. The molecule has 0 heterocycles. The third-order valence-corrected chi connectivity index (χ3v) is 3.04. The zero-order valence-corrected chi connectivity index (χ0v) is 12.0. The minimum atomic E-state index is 0.237. The highest BCUT2D eigenvalue weighted by Crippen LogP contribution is 2.19. The monoisotopic (exact) mass is 280 g/mol. The van der Waals surface area contributed by atoms with Crippen LogP contribution in [0.25, 0.3) is 0 Å². The maximum Gasteiger partial charge on any atom is 0.187 e. The third-order valence-electron chi connectivity index (χ3n) is 3.04. The molecule has 0 bridgehead atoms. The van der Waals surface area contributed by atoms with Gasteiger partial charge in [0.05, 0.1) is 0 Å². The van der Waals surface area contributed by atoms with Crippen LogP contribution in [-0.4, -0.2) is 12.8 Å². The van der Waals surface area contributed by atoms with Gasteiger partial charge in [0.15, 0.2) is 5.71 Å². The number of benzene rings is 2. The molecule has 0 spiro atoms. The number of oxime groups is 1. The standard InChI is InChI=1S/C17H16N2O2/c1-13-7-3-6-10-17(13)21-12-14-8-4-5-9-15(14)16(11-18)19-20-2/h3-10H,12H2,1-2H3/b19-16-. The van der Waals surface area contributed by atoms with Gasteiger partial charge >= 0.3 is 0 Å². The molecule has 0 unspecified atom stereocenters. The summed E-state index contributed by atoms with van der Waals surface area (Å²) >= 11 is 0. The average molecular weight is 280 g/mol. The smallest absolute Gasteiger partial charge is 0.187 e. The second kappa shape index (κ2) is 7.11. The van der Waals surface area contributed by atoms with Crippen LogP contribution in [0.2, 0.25) is 0 Å².